The van der Waals surface area contributed by atoms with Gasteiger partial charge in [-0.1, -0.05) is 12.5 Å². The van der Waals surface area contributed by atoms with Crippen LogP contribution in [0.25, 0.3) is 0 Å². The summed E-state index contributed by atoms with van der Waals surface area (Å²) >= 11 is 0. The fourth-order valence-electron chi connectivity index (χ4n) is 4.04. The second-order valence-electron chi connectivity index (χ2n) is 5.78. The molecule has 0 aliphatic heterocycles. The lowest BCUT2D eigenvalue weighted by atomic mass is 9.80. The molecule has 4 unspecified atom stereocenters. The molecule has 3 rings (SSSR count). The molecule has 0 amide bonds. The highest BCUT2D eigenvalue weighted by atomic mass is 19.2. The van der Waals surface area contributed by atoms with Crippen LogP contribution in [0.15, 0.2) is 18.2 Å². The van der Waals surface area contributed by atoms with E-state index in [1.807, 2.05) is 7.05 Å². The van der Waals surface area contributed by atoms with Crippen LogP contribution in [-0.4, -0.2) is 7.05 Å². The predicted octanol–water partition coefficient (Wildman–Crippen LogP) is 3.66. The van der Waals surface area contributed by atoms with Crippen LogP contribution >= 0.6 is 0 Å². The molecule has 0 heterocycles. The summed E-state index contributed by atoms with van der Waals surface area (Å²) < 4.78 is 26.3. The molecule has 0 radical (unpaired) electrons. The van der Waals surface area contributed by atoms with E-state index in [-0.39, 0.29) is 6.04 Å². The van der Waals surface area contributed by atoms with Crippen molar-refractivity contribution >= 4 is 0 Å². The maximum absolute atomic E-state index is 13.3. The summed E-state index contributed by atoms with van der Waals surface area (Å²) in [4.78, 5) is 0. The van der Waals surface area contributed by atoms with Crippen molar-refractivity contribution in [3.05, 3.63) is 35.4 Å². The minimum atomic E-state index is -0.762. The van der Waals surface area contributed by atoms with E-state index in [4.69, 9.17) is 0 Å². The van der Waals surface area contributed by atoms with Crippen LogP contribution in [0, 0.1) is 29.4 Å². The van der Waals surface area contributed by atoms with Gasteiger partial charge in [0.05, 0.1) is 0 Å². The molecule has 3 heteroatoms. The van der Waals surface area contributed by atoms with E-state index in [9.17, 15) is 8.78 Å². The number of benzene rings is 1. The van der Waals surface area contributed by atoms with Crippen LogP contribution in [0.5, 0.6) is 0 Å². The van der Waals surface area contributed by atoms with Crippen molar-refractivity contribution in [2.75, 3.05) is 7.05 Å². The van der Waals surface area contributed by atoms with E-state index in [1.165, 1.54) is 37.8 Å². The van der Waals surface area contributed by atoms with Crippen LogP contribution in [0.2, 0.25) is 0 Å². The lowest BCUT2D eigenvalue weighted by Crippen LogP contribution is -2.29. The number of halogens is 2. The molecule has 18 heavy (non-hydrogen) atoms. The molecule has 2 bridgehead atoms. The Morgan fingerprint density at radius 1 is 1.17 bits per heavy atom. The van der Waals surface area contributed by atoms with Gasteiger partial charge in [0, 0.05) is 6.04 Å². The molecule has 1 N–H and O–H groups in total. The minimum absolute atomic E-state index is 0.162. The van der Waals surface area contributed by atoms with Crippen molar-refractivity contribution in [3.63, 3.8) is 0 Å². The lowest BCUT2D eigenvalue weighted by molar-refractivity contribution is 0.259. The Hall–Kier alpha value is -0.960. The van der Waals surface area contributed by atoms with Crippen LogP contribution < -0.4 is 5.32 Å². The van der Waals surface area contributed by atoms with Crippen LogP contribution in [0.1, 0.15) is 37.3 Å². The lowest BCUT2D eigenvalue weighted by Gasteiger charge is -2.30. The van der Waals surface area contributed by atoms with Crippen molar-refractivity contribution in [1.29, 1.82) is 0 Å². The third-order valence-corrected chi connectivity index (χ3v) is 4.83. The number of nitrogens with one attached hydrogen (secondary N) is 1. The van der Waals surface area contributed by atoms with Gasteiger partial charge in [0.15, 0.2) is 11.6 Å². The number of fused-ring (bicyclic) bond motifs is 2. The molecule has 2 saturated carbocycles. The highest BCUT2D eigenvalue weighted by Crippen LogP contribution is 2.52. The summed E-state index contributed by atoms with van der Waals surface area (Å²) in [7, 11) is 1.91. The van der Waals surface area contributed by atoms with Gasteiger partial charge >= 0.3 is 0 Å². The van der Waals surface area contributed by atoms with Crippen molar-refractivity contribution in [1.82, 2.24) is 5.32 Å². The summed E-state index contributed by atoms with van der Waals surface area (Å²) in [5.41, 5.74) is 0.883. The first-order valence-corrected chi connectivity index (χ1v) is 6.81. The van der Waals surface area contributed by atoms with Gasteiger partial charge < -0.3 is 5.32 Å². The van der Waals surface area contributed by atoms with Crippen molar-refractivity contribution in [3.8, 4) is 0 Å². The summed E-state index contributed by atoms with van der Waals surface area (Å²) in [6.07, 6.45) is 5.22. The van der Waals surface area contributed by atoms with Gasteiger partial charge in [0.25, 0.3) is 0 Å². The smallest absolute Gasteiger partial charge is 0.159 e. The Balaban J connectivity index is 1.85. The average molecular weight is 251 g/mol. The first-order valence-electron chi connectivity index (χ1n) is 6.81. The summed E-state index contributed by atoms with van der Waals surface area (Å²) in [5.74, 6) is 0.706. The summed E-state index contributed by atoms with van der Waals surface area (Å²) in [6.45, 7) is 0. The van der Waals surface area contributed by atoms with Crippen LogP contribution in [0.4, 0.5) is 8.78 Å². The van der Waals surface area contributed by atoms with Crippen LogP contribution in [-0.2, 0) is 0 Å². The zero-order valence-electron chi connectivity index (χ0n) is 10.6. The maximum Gasteiger partial charge on any atom is 0.159 e. The molecule has 4 atom stereocenters. The predicted molar refractivity (Wildman–Crippen MR) is 67.1 cm³/mol. The quantitative estimate of drug-likeness (QED) is 0.864. The molecule has 98 valence electrons. The second kappa shape index (κ2) is 4.61. The maximum atomic E-state index is 13.3. The summed E-state index contributed by atoms with van der Waals surface area (Å²) in [5, 5.41) is 3.30. The van der Waals surface area contributed by atoms with Gasteiger partial charge in [0.2, 0.25) is 0 Å². The number of rotatable bonds is 3. The van der Waals surface area contributed by atoms with Crippen molar-refractivity contribution < 1.29 is 8.78 Å². The minimum Gasteiger partial charge on any atom is -0.313 e. The van der Waals surface area contributed by atoms with Crippen LogP contribution in [0.3, 0.4) is 0 Å². The monoisotopic (exact) mass is 251 g/mol. The standard InChI is InChI=1S/C15H19F2N/c1-18-15(11-4-5-13(16)14(17)8-11)12-7-9-2-3-10(12)6-9/h4-5,8-10,12,15,18H,2-3,6-7H2,1H3. The Labute approximate surface area is 107 Å². The first kappa shape index (κ1) is 12.1. The van der Waals surface area contributed by atoms with E-state index >= 15 is 0 Å². The molecule has 2 fully saturated rings. The van der Waals surface area contributed by atoms with Crippen molar-refractivity contribution in [2.45, 2.75) is 31.7 Å². The van der Waals surface area contributed by atoms with E-state index in [2.05, 4.69) is 5.32 Å². The van der Waals surface area contributed by atoms with E-state index in [0.29, 0.717) is 5.92 Å². The molecule has 1 nitrogen and oxygen atoms in total. The molecule has 2 aliphatic carbocycles. The van der Waals surface area contributed by atoms with E-state index in [0.717, 1.165) is 17.4 Å². The molecule has 2 aliphatic rings. The Morgan fingerprint density at radius 2 is 2.00 bits per heavy atom. The van der Waals surface area contributed by atoms with Gasteiger partial charge in [-0.15, -0.1) is 0 Å². The third kappa shape index (κ3) is 1.95. The molecule has 1 aromatic rings. The highest BCUT2D eigenvalue weighted by Gasteiger charge is 2.43. The fourth-order valence-corrected chi connectivity index (χ4v) is 4.04. The van der Waals surface area contributed by atoms with Gasteiger partial charge in [-0.05, 0) is 61.8 Å². The van der Waals surface area contributed by atoms with E-state index < -0.39 is 11.6 Å². The summed E-state index contributed by atoms with van der Waals surface area (Å²) in [6, 6.07) is 4.46. The van der Waals surface area contributed by atoms with Gasteiger partial charge in [0.1, 0.15) is 0 Å². The molecule has 1 aromatic carbocycles. The zero-order valence-corrected chi connectivity index (χ0v) is 10.6. The molecule has 0 spiro atoms. The first-order chi connectivity index (χ1) is 8.69. The zero-order chi connectivity index (χ0) is 12.7. The van der Waals surface area contributed by atoms with Gasteiger partial charge in [-0.25, -0.2) is 8.78 Å². The molecule has 0 saturated heterocycles. The fraction of sp³-hybridized carbons (Fsp3) is 0.600. The van der Waals surface area contributed by atoms with Gasteiger partial charge in [-0.2, -0.15) is 0 Å². The molecule has 0 aromatic heterocycles. The molecular weight excluding hydrogens is 232 g/mol. The van der Waals surface area contributed by atoms with Gasteiger partial charge in [-0.3, -0.25) is 0 Å². The second-order valence-corrected chi connectivity index (χ2v) is 5.78. The van der Waals surface area contributed by atoms with E-state index in [1.54, 1.807) is 6.07 Å². The molecular formula is C15H19F2N. The Morgan fingerprint density at radius 3 is 2.56 bits per heavy atom. The van der Waals surface area contributed by atoms with Crippen molar-refractivity contribution in [2.24, 2.45) is 17.8 Å². The highest BCUT2D eigenvalue weighted by molar-refractivity contribution is 5.23. The largest absolute Gasteiger partial charge is 0.313 e. The SMILES string of the molecule is CNC(c1ccc(F)c(F)c1)C1CC2CCC1C2. The number of hydrogen-bond acceptors (Lipinski definition) is 1. The third-order valence-electron chi connectivity index (χ3n) is 4.83. The Kier molecular flexibility index (Phi) is 3.10. The number of hydrogen-bond donors (Lipinski definition) is 1. The topological polar surface area (TPSA) is 12.0 Å². The normalized spacial score (nSPS) is 31.8. The Bertz CT molecular complexity index is 446. The average Bonchev–Trinajstić information content (AvgIpc) is 2.97.